The van der Waals surface area contributed by atoms with Gasteiger partial charge < -0.3 is 10.6 Å². The van der Waals surface area contributed by atoms with Crippen molar-refractivity contribution in [1.82, 2.24) is 10.6 Å². The third-order valence-corrected chi connectivity index (χ3v) is 3.89. The van der Waals surface area contributed by atoms with Gasteiger partial charge in [0.1, 0.15) is 0 Å². The number of carbonyl (C=O) groups is 1. The van der Waals surface area contributed by atoms with Crippen molar-refractivity contribution in [2.24, 2.45) is 5.92 Å². The van der Waals surface area contributed by atoms with E-state index in [1.165, 1.54) is 5.56 Å². The summed E-state index contributed by atoms with van der Waals surface area (Å²) in [5.41, 5.74) is 2.43. The number of benzene rings is 1. The van der Waals surface area contributed by atoms with Crippen LogP contribution in [0.5, 0.6) is 0 Å². The Bertz CT molecular complexity index is 495. The molecule has 1 aliphatic carbocycles. The quantitative estimate of drug-likeness (QED) is 0.638. The van der Waals surface area contributed by atoms with E-state index in [9.17, 15) is 4.79 Å². The topological polar surface area (TPSA) is 64.9 Å². The molecule has 1 fully saturated rings. The van der Waals surface area contributed by atoms with Gasteiger partial charge in [0, 0.05) is 18.5 Å². The summed E-state index contributed by atoms with van der Waals surface area (Å²) in [6.45, 7) is 4.90. The predicted octanol–water partition coefficient (Wildman–Crippen LogP) is 2.28. The zero-order valence-corrected chi connectivity index (χ0v) is 12.0. The van der Waals surface area contributed by atoms with Crippen molar-refractivity contribution >= 4 is 5.91 Å². The molecule has 4 heteroatoms. The van der Waals surface area contributed by atoms with Crippen LogP contribution in [0.4, 0.5) is 0 Å². The van der Waals surface area contributed by atoms with Crippen molar-refractivity contribution in [2.75, 3.05) is 0 Å². The van der Waals surface area contributed by atoms with Gasteiger partial charge in [-0.05, 0) is 29.9 Å². The fourth-order valence-electron chi connectivity index (χ4n) is 2.39. The van der Waals surface area contributed by atoms with Crippen molar-refractivity contribution in [3.8, 4) is 6.19 Å². The molecule has 0 heterocycles. The maximum Gasteiger partial charge on any atom is 0.223 e. The van der Waals surface area contributed by atoms with Crippen molar-refractivity contribution < 1.29 is 4.79 Å². The molecule has 106 valence electrons. The van der Waals surface area contributed by atoms with E-state index >= 15 is 0 Å². The highest BCUT2D eigenvalue weighted by molar-refractivity contribution is 5.79. The molecule has 1 aliphatic rings. The average Bonchev–Trinajstić information content (AvgIpc) is 2.40. The third kappa shape index (κ3) is 3.51. The van der Waals surface area contributed by atoms with Crippen molar-refractivity contribution in [1.29, 1.82) is 5.26 Å². The first kappa shape index (κ1) is 14.4. The standard InChI is InChI=1S/C16H21N3O/c1-11(2)13-5-3-12(4-6-13)9-18-16(20)14-7-15(8-14)19-10-17/h3-6,11,14-15,19H,7-9H2,1-2H3,(H,18,20)/t14-,15-. The Hall–Kier alpha value is -2.02. The molecule has 2 rings (SSSR count). The lowest BCUT2D eigenvalue weighted by Gasteiger charge is -2.32. The fraction of sp³-hybridized carbons (Fsp3) is 0.500. The summed E-state index contributed by atoms with van der Waals surface area (Å²) in [4.78, 5) is 11.9. The van der Waals surface area contributed by atoms with Crippen LogP contribution in [0.1, 0.15) is 43.7 Å². The first-order valence-corrected chi connectivity index (χ1v) is 7.11. The van der Waals surface area contributed by atoms with Crippen LogP contribution in [-0.4, -0.2) is 11.9 Å². The smallest absolute Gasteiger partial charge is 0.223 e. The minimum absolute atomic E-state index is 0.0517. The summed E-state index contributed by atoms with van der Waals surface area (Å²) in [6, 6.07) is 8.54. The van der Waals surface area contributed by atoms with Crippen molar-refractivity contribution in [3.63, 3.8) is 0 Å². The van der Waals surface area contributed by atoms with Crippen molar-refractivity contribution in [3.05, 3.63) is 35.4 Å². The SMILES string of the molecule is CC(C)c1ccc(CNC(=O)[C@H]2C[C@H](NC#N)C2)cc1. The van der Waals surface area contributed by atoms with Crippen LogP contribution in [-0.2, 0) is 11.3 Å². The first-order valence-electron chi connectivity index (χ1n) is 7.11. The molecule has 1 saturated carbocycles. The third-order valence-electron chi connectivity index (χ3n) is 3.89. The van der Waals surface area contributed by atoms with E-state index in [4.69, 9.17) is 5.26 Å². The Kier molecular flexibility index (Phi) is 4.62. The number of hydrogen-bond donors (Lipinski definition) is 2. The number of amides is 1. The van der Waals surface area contributed by atoms with Gasteiger partial charge in [-0.2, -0.15) is 5.26 Å². The molecule has 0 bridgehead atoms. The van der Waals surface area contributed by atoms with E-state index < -0.39 is 0 Å². The molecule has 0 radical (unpaired) electrons. The lowest BCUT2D eigenvalue weighted by atomic mass is 9.80. The molecule has 1 amide bonds. The van der Waals surface area contributed by atoms with Gasteiger partial charge in [0.2, 0.25) is 5.91 Å². The van der Waals surface area contributed by atoms with Gasteiger partial charge in [0.25, 0.3) is 0 Å². The van der Waals surface area contributed by atoms with Gasteiger partial charge in [-0.3, -0.25) is 4.79 Å². The average molecular weight is 271 g/mol. The number of nitrogens with zero attached hydrogens (tertiary/aromatic N) is 1. The van der Waals surface area contributed by atoms with Crippen LogP contribution < -0.4 is 10.6 Å². The monoisotopic (exact) mass is 271 g/mol. The van der Waals surface area contributed by atoms with E-state index in [1.54, 1.807) is 0 Å². The van der Waals surface area contributed by atoms with Gasteiger partial charge in [-0.15, -0.1) is 0 Å². The Morgan fingerprint density at radius 3 is 2.55 bits per heavy atom. The lowest BCUT2D eigenvalue weighted by molar-refractivity contribution is -0.128. The second-order valence-electron chi connectivity index (χ2n) is 5.74. The highest BCUT2D eigenvalue weighted by Gasteiger charge is 2.34. The summed E-state index contributed by atoms with van der Waals surface area (Å²) in [5.74, 6) is 0.669. The second-order valence-corrected chi connectivity index (χ2v) is 5.74. The summed E-state index contributed by atoms with van der Waals surface area (Å²) in [7, 11) is 0. The zero-order valence-electron chi connectivity index (χ0n) is 12.0. The molecule has 1 aromatic carbocycles. The van der Waals surface area contributed by atoms with Gasteiger partial charge in [-0.25, -0.2) is 0 Å². The molecule has 0 aliphatic heterocycles. The molecule has 0 unspecified atom stereocenters. The Morgan fingerprint density at radius 1 is 1.35 bits per heavy atom. The van der Waals surface area contributed by atoms with Crippen LogP contribution in [0.2, 0.25) is 0 Å². The highest BCUT2D eigenvalue weighted by atomic mass is 16.1. The van der Waals surface area contributed by atoms with E-state index in [0.29, 0.717) is 12.5 Å². The van der Waals surface area contributed by atoms with Crippen LogP contribution in [0.25, 0.3) is 0 Å². The number of hydrogen-bond acceptors (Lipinski definition) is 3. The molecular formula is C16H21N3O. The summed E-state index contributed by atoms with van der Waals surface area (Å²) >= 11 is 0. The number of carbonyl (C=O) groups excluding carboxylic acids is 1. The summed E-state index contributed by atoms with van der Waals surface area (Å²) in [5, 5.41) is 14.1. The number of nitriles is 1. The molecule has 20 heavy (non-hydrogen) atoms. The summed E-state index contributed by atoms with van der Waals surface area (Å²) < 4.78 is 0. The van der Waals surface area contributed by atoms with Crippen LogP contribution in [0, 0.1) is 17.4 Å². The maximum atomic E-state index is 11.9. The lowest BCUT2D eigenvalue weighted by Crippen LogP contribution is -2.46. The van der Waals surface area contributed by atoms with Crippen LogP contribution in [0.15, 0.2) is 24.3 Å². The molecule has 1 aromatic rings. The van der Waals surface area contributed by atoms with Gasteiger partial charge in [0.15, 0.2) is 6.19 Å². The van der Waals surface area contributed by atoms with Crippen LogP contribution >= 0.6 is 0 Å². The van der Waals surface area contributed by atoms with Crippen molar-refractivity contribution in [2.45, 2.75) is 45.2 Å². The minimum Gasteiger partial charge on any atom is -0.352 e. The fourth-order valence-corrected chi connectivity index (χ4v) is 2.39. The molecule has 4 nitrogen and oxygen atoms in total. The van der Waals surface area contributed by atoms with E-state index in [1.807, 2.05) is 6.19 Å². The van der Waals surface area contributed by atoms with E-state index in [-0.39, 0.29) is 17.9 Å². The highest BCUT2D eigenvalue weighted by Crippen LogP contribution is 2.27. The normalized spacial score (nSPS) is 20.9. The van der Waals surface area contributed by atoms with Gasteiger partial charge in [0.05, 0.1) is 0 Å². The maximum absolute atomic E-state index is 11.9. The molecule has 0 atom stereocenters. The predicted molar refractivity (Wildman–Crippen MR) is 77.6 cm³/mol. The Balaban J connectivity index is 1.75. The Morgan fingerprint density at radius 2 is 2.00 bits per heavy atom. The Labute approximate surface area is 120 Å². The minimum atomic E-state index is 0.0517. The second kappa shape index (κ2) is 6.42. The molecule has 2 N–H and O–H groups in total. The zero-order chi connectivity index (χ0) is 14.5. The van der Waals surface area contributed by atoms with Crippen LogP contribution in [0.3, 0.4) is 0 Å². The molecular weight excluding hydrogens is 250 g/mol. The first-order chi connectivity index (χ1) is 9.60. The summed E-state index contributed by atoms with van der Waals surface area (Å²) in [6.07, 6.45) is 3.43. The van der Waals surface area contributed by atoms with E-state index in [0.717, 1.165) is 18.4 Å². The molecule has 0 aromatic heterocycles. The number of rotatable bonds is 5. The van der Waals surface area contributed by atoms with Gasteiger partial charge in [-0.1, -0.05) is 38.1 Å². The van der Waals surface area contributed by atoms with Gasteiger partial charge >= 0.3 is 0 Å². The number of nitrogens with one attached hydrogen (secondary N) is 2. The molecule has 0 saturated heterocycles. The largest absolute Gasteiger partial charge is 0.352 e. The molecule has 0 spiro atoms. The van der Waals surface area contributed by atoms with E-state index in [2.05, 4.69) is 48.7 Å².